The van der Waals surface area contributed by atoms with Crippen LogP contribution in [0.1, 0.15) is 17.6 Å². The van der Waals surface area contributed by atoms with E-state index in [-0.39, 0.29) is 6.10 Å². The maximum atomic E-state index is 6.08. The van der Waals surface area contributed by atoms with E-state index in [1.807, 2.05) is 31.2 Å². The molecule has 6 heteroatoms. The van der Waals surface area contributed by atoms with Gasteiger partial charge in [0.15, 0.2) is 23.4 Å². The highest BCUT2D eigenvalue weighted by Crippen LogP contribution is 2.35. The highest BCUT2D eigenvalue weighted by atomic mass is 127. The Kier molecular flexibility index (Phi) is 3.49. The van der Waals surface area contributed by atoms with Gasteiger partial charge in [-0.3, -0.25) is 0 Å². The lowest BCUT2D eigenvalue weighted by Gasteiger charge is -2.25. The summed E-state index contributed by atoms with van der Waals surface area (Å²) in [5, 5.41) is 0.450. The fourth-order valence-corrected chi connectivity index (χ4v) is 2.30. The van der Waals surface area contributed by atoms with Crippen LogP contribution in [-0.2, 0) is 0 Å². The standard InChI is InChI=1S/C13H10ClIN2O2/c1-7-11(15)12(14)17-13(16-7)10-6-18-8-4-2-3-5-9(8)19-10/h2-5,10H,6H2,1H3. The zero-order chi connectivity index (χ0) is 13.4. The van der Waals surface area contributed by atoms with E-state index < -0.39 is 0 Å². The van der Waals surface area contributed by atoms with Crippen LogP contribution in [0.15, 0.2) is 24.3 Å². The van der Waals surface area contributed by atoms with Crippen LogP contribution in [-0.4, -0.2) is 16.6 Å². The highest BCUT2D eigenvalue weighted by Gasteiger charge is 2.25. The zero-order valence-corrected chi connectivity index (χ0v) is 13.0. The number of hydrogen-bond acceptors (Lipinski definition) is 4. The monoisotopic (exact) mass is 388 g/mol. The van der Waals surface area contributed by atoms with Crippen molar-refractivity contribution in [1.82, 2.24) is 9.97 Å². The van der Waals surface area contributed by atoms with Crippen molar-refractivity contribution in [3.05, 3.63) is 44.5 Å². The van der Waals surface area contributed by atoms with Gasteiger partial charge in [0.2, 0.25) is 0 Å². The third kappa shape index (κ3) is 2.49. The number of aromatic nitrogens is 2. The van der Waals surface area contributed by atoms with Crippen LogP contribution in [0.5, 0.6) is 11.5 Å². The van der Waals surface area contributed by atoms with E-state index >= 15 is 0 Å². The molecule has 0 saturated carbocycles. The SMILES string of the molecule is Cc1nc(C2COc3ccccc3O2)nc(Cl)c1I. The molecule has 0 aliphatic carbocycles. The van der Waals surface area contributed by atoms with E-state index in [0.29, 0.717) is 23.3 Å². The number of nitrogens with zero attached hydrogens (tertiary/aromatic N) is 2. The maximum Gasteiger partial charge on any atom is 0.192 e. The van der Waals surface area contributed by atoms with Crippen molar-refractivity contribution >= 4 is 34.2 Å². The number of para-hydroxylation sites is 2. The minimum atomic E-state index is -0.330. The summed E-state index contributed by atoms with van der Waals surface area (Å²) >= 11 is 8.21. The second kappa shape index (κ2) is 5.13. The van der Waals surface area contributed by atoms with Gasteiger partial charge in [-0.15, -0.1) is 0 Å². The summed E-state index contributed by atoms with van der Waals surface area (Å²) in [6.07, 6.45) is -0.330. The summed E-state index contributed by atoms with van der Waals surface area (Å²) < 4.78 is 12.4. The molecule has 0 saturated heterocycles. The summed E-state index contributed by atoms with van der Waals surface area (Å²) in [7, 11) is 0. The Hall–Kier alpha value is -1.08. The number of benzene rings is 1. The van der Waals surface area contributed by atoms with Crippen molar-refractivity contribution in [2.45, 2.75) is 13.0 Å². The molecule has 0 bridgehead atoms. The lowest BCUT2D eigenvalue weighted by atomic mass is 10.2. The first-order valence-corrected chi connectivity index (χ1v) is 7.19. The van der Waals surface area contributed by atoms with Gasteiger partial charge in [0.05, 0.1) is 9.26 Å². The van der Waals surface area contributed by atoms with Crippen LogP contribution in [0.25, 0.3) is 0 Å². The topological polar surface area (TPSA) is 44.2 Å². The predicted molar refractivity (Wildman–Crippen MR) is 79.8 cm³/mol. The van der Waals surface area contributed by atoms with Crippen molar-refractivity contribution in [3.8, 4) is 11.5 Å². The number of rotatable bonds is 1. The number of aryl methyl sites for hydroxylation is 1. The van der Waals surface area contributed by atoms with Gasteiger partial charge in [-0.2, -0.15) is 0 Å². The summed E-state index contributed by atoms with van der Waals surface area (Å²) in [5.41, 5.74) is 0.845. The van der Waals surface area contributed by atoms with Crippen LogP contribution < -0.4 is 9.47 Å². The van der Waals surface area contributed by atoms with Gasteiger partial charge in [0, 0.05) is 0 Å². The molecule has 0 radical (unpaired) electrons. The number of halogens is 2. The second-order valence-corrected chi connectivity index (χ2v) is 5.57. The van der Waals surface area contributed by atoms with Crippen LogP contribution in [0.4, 0.5) is 0 Å². The molecule has 0 amide bonds. The highest BCUT2D eigenvalue weighted by molar-refractivity contribution is 14.1. The van der Waals surface area contributed by atoms with Gasteiger partial charge in [-0.25, -0.2) is 9.97 Å². The third-order valence-electron chi connectivity index (χ3n) is 2.79. The molecule has 4 nitrogen and oxygen atoms in total. The molecule has 0 spiro atoms. The number of ether oxygens (including phenoxy) is 2. The van der Waals surface area contributed by atoms with E-state index in [4.69, 9.17) is 21.1 Å². The summed E-state index contributed by atoms with van der Waals surface area (Å²) in [4.78, 5) is 8.69. The minimum absolute atomic E-state index is 0.330. The van der Waals surface area contributed by atoms with Gasteiger partial charge in [-0.1, -0.05) is 23.7 Å². The Morgan fingerprint density at radius 3 is 2.74 bits per heavy atom. The molecule has 2 heterocycles. The first kappa shape index (κ1) is 12.9. The lowest BCUT2D eigenvalue weighted by molar-refractivity contribution is 0.0849. The molecule has 1 unspecified atom stereocenters. The molecule has 1 aromatic heterocycles. The molecule has 98 valence electrons. The van der Waals surface area contributed by atoms with Crippen LogP contribution in [0, 0.1) is 10.5 Å². The van der Waals surface area contributed by atoms with Crippen LogP contribution in [0.2, 0.25) is 5.15 Å². The van der Waals surface area contributed by atoms with Crippen LogP contribution >= 0.6 is 34.2 Å². The number of hydrogen-bond donors (Lipinski definition) is 0. The lowest BCUT2D eigenvalue weighted by Crippen LogP contribution is -2.24. The zero-order valence-electron chi connectivity index (χ0n) is 10.1. The Labute approximate surface area is 129 Å². The molecule has 1 aliphatic heterocycles. The van der Waals surface area contributed by atoms with Gasteiger partial charge in [-0.05, 0) is 41.6 Å². The first-order chi connectivity index (χ1) is 9.15. The van der Waals surface area contributed by atoms with Gasteiger partial charge >= 0.3 is 0 Å². The maximum absolute atomic E-state index is 6.08. The van der Waals surface area contributed by atoms with E-state index in [9.17, 15) is 0 Å². The summed E-state index contributed by atoms with van der Waals surface area (Å²) in [6, 6.07) is 7.55. The van der Waals surface area contributed by atoms with E-state index in [0.717, 1.165) is 15.0 Å². The molecule has 1 aromatic carbocycles. The first-order valence-electron chi connectivity index (χ1n) is 5.73. The molecule has 2 aromatic rings. The van der Waals surface area contributed by atoms with Crippen molar-refractivity contribution < 1.29 is 9.47 Å². The van der Waals surface area contributed by atoms with E-state index in [1.54, 1.807) is 0 Å². The molecular formula is C13H10ClIN2O2. The second-order valence-electron chi connectivity index (χ2n) is 4.14. The van der Waals surface area contributed by atoms with Gasteiger partial charge < -0.3 is 9.47 Å². The largest absolute Gasteiger partial charge is 0.485 e. The Morgan fingerprint density at radius 1 is 1.26 bits per heavy atom. The number of fused-ring (bicyclic) bond motifs is 1. The Bertz CT molecular complexity index is 613. The normalized spacial score (nSPS) is 17.3. The van der Waals surface area contributed by atoms with Gasteiger partial charge in [0.25, 0.3) is 0 Å². The van der Waals surface area contributed by atoms with Crippen molar-refractivity contribution in [1.29, 1.82) is 0 Å². The van der Waals surface area contributed by atoms with E-state index in [1.165, 1.54) is 0 Å². The summed E-state index contributed by atoms with van der Waals surface area (Å²) in [5.74, 6) is 2.00. The van der Waals surface area contributed by atoms with Gasteiger partial charge in [0.1, 0.15) is 11.8 Å². The smallest absolute Gasteiger partial charge is 0.192 e. The van der Waals surface area contributed by atoms with Crippen molar-refractivity contribution in [3.63, 3.8) is 0 Å². The minimum Gasteiger partial charge on any atom is -0.485 e. The third-order valence-corrected chi connectivity index (χ3v) is 4.67. The predicted octanol–water partition coefficient (Wildman–Crippen LogP) is 3.56. The van der Waals surface area contributed by atoms with Crippen molar-refractivity contribution in [2.75, 3.05) is 6.61 Å². The molecule has 3 rings (SSSR count). The fraction of sp³-hybridized carbons (Fsp3) is 0.231. The molecule has 1 atom stereocenters. The fourth-order valence-electron chi connectivity index (χ4n) is 1.84. The molecular weight excluding hydrogens is 379 g/mol. The Balaban J connectivity index is 1.93. The summed E-state index contributed by atoms with van der Waals surface area (Å²) in [6.45, 7) is 2.28. The average molecular weight is 389 g/mol. The van der Waals surface area contributed by atoms with Crippen LogP contribution in [0.3, 0.4) is 0 Å². The Morgan fingerprint density at radius 2 is 2.00 bits per heavy atom. The quantitative estimate of drug-likeness (QED) is 0.553. The van der Waals surface area contributed by atoms with Crippen molar-refractivity contribution in [2.24, 2.45) is 0 Å². The van der Waals surface area contributed by atoms with E-state index in [2.05, 4.69) is 32.6 Å². The molecule has 1 aliphatic rings. The molecule has 0 fully saturated rings. The molecule has 19 heavy (non-hydrogen) atoms. The average Bonchev–Trinajstić information content (AvgIpc) is 2.43. The molecule has 0 N–H and O–H groups in total.